The summed E-state index contributed by atoms with van der Waals surface area (Å²) in [6, 6.07) is 10.5. The van der Waals surface area contributed by atoms with Crippen LogP contribution in [-0.4, -0.2) is 41.2 Å². The molecule has 0 aliphatic rings. The van der Waals surface area contributed by atoms with Gasteiger partial charge in [-0.2, -0.15) is 4.21 Å². The Morgan fingerprint density at radius 3 is 1.73 bits per heavy atom. The predicted octanol–water partition coefficient (Wildman–Crippen LogP) is 0.161. The van der Waals surface area contributed by atoms with Gasteiger partial charge in [-0.3, -0.25) is 9.11 Å². The third kappa shape index (κ3) is 10.3. The molecule has 0 aliphatic carbocycles. The second-order valence-corrected chi connectivity index (χ2v) is 3.50. The Morgan fingerprint density at radius 2 is 1.55 bits per heavy atom. The molecule has 1 aromatic carbocycles. The monoisotopic (exact) mass is 182 g/mol. The molecule has 2 N–H and O–H groups in total. The van der Waals surface area contributed by atoms with Crippen molar-refractivity contribution in [3.63, 3.8) is 0 Å². The Hall–Kier alpha value is 0.290. The second-order valence-electron chi connectivity index (χ2n) is 1.89. The first kappa shape index (κ1) is 11.3. The summed E-state index contributed by atoms with van der Waals surface area (Å²) >= 11 is -1.44. The minimum absolute atomic E-state index is 1.17. The van der Waals surface area contributed by atoms with Gasteiger partial charge in [-0.15, -0.1) is 0 Å². The van der Waals surface area contributed by atoms with Gasteiger partial charge in [-0.05, 0) is 0 Å². The summed E-state index contributed by atoms with van der Waals surface area (Å²) in [4.78, 5) is 0. The van der Waals surface area contributed by atoms with Crippen molar-refractivity contribution in [3.8, 4) is 0 Å². The molecule has 0 radical (unpaired) electrons. The predicted molar refractivity (Wildman–Crippen MR) is 45.2 cm³/mol. The minimum atomic E-state index is -2.61. The van der Waals surface area contributed by atoms with Gasteiger partial charge in [-0.25, -0.2) is 0 Å². The van der Waals surface area contributed by atoms with E-state index in [0.29, 0.717) is 0 Å². The van der Waals surface area contributed by atoms with E-state index in [1.165, 1.54) is 30.7 Å². The third-order valence-electron chi connectivity index (χ3n) is 0.940. The van der Waals surface area contributed by atoms with Crippen molar-refractivity contribution in [2.24, 2.45) is 0 Å². The fourth-order valence-corrected chi connectivity index (χ4v) is 0.919. The van der Waals surface area contributed by atoms with Crippen LogP contribution in [0, 0.1) is 0 Å². The molecule has 3 nitrogen and oxygen atoms in total. The summed E-state index contributed by atoms with van der Waals surface area (Å²) in [5.74, 6) is 0. The van der Waals surface area contributed by atoms with E-state index >= 15 is 0 Å². The van der Waals surface area contributed by atoms with Gasteiger partial charge in [0, 0.05) is 0 Å². The van der Waals surface area contributed by atoms with Crippen LogP contribution in [0.1, 0.15) is 0 Å². The van der Waals surface area contributed by atoms with Crippen LogP contribution in [0.4, 0.5) is 0 Å². The van der Waals surface area contributed by atoms with Gasteiger partial charge in [0.05, 0.1) is 0 Å². The molecule has 0 saturated carbocycles. The summed E-state index contributed by atoms with van der Waals surface area (Å²) in [5, 5.41) is 0. The Kier molecular flexibility index (Phi) is 7.15. The summed E-state index contributed by atoms with van der Waals surface area (Å²) in [7, 11) is 0. The summed E-state index contributed by atoms with van der Waals surface area (Å²) in [5.41, 5.74) is 0. The quantitative estimate of drug-likeness (QED) is 0.444. The third-order valence-corrected chi connectivity index (χ3v) is 1.61. The molecule has 1 rings (SSSR count). The first-order valence-electron chi connectivity index (χ1n) is 2.94. The normalized spacial score (nSPS) is 8.82. The average Bonchev–Trinajstić information content (AvgIpc) is 1.87. The molecule has 0 saturated heterocycles. The molecule has 11 heavy (non-hydrogen) atoms. The van der Waals surface area contributed by atoms with Crippen molar-refractivity contribution < 1.29 is 13.3 Å². The molecule has 1 aromatic rings. The molecule has 0 atom stereocenters. The maximum absolute atomic E-state index is 8.67. The van der Waals surface area contributed by atoms with E-state index in [0.717, 1.165) is 0 Å². The van der Waals surface area contributed by atoms with Crippen molar-refractivity contribution >= 4 is 42.1 Å². The topological polar surface area (TPSA) is 57.5 Å². The van der Waals surface area contributed by atoms with Crippen LogP contribution in [0.5, 0.6) is 0 Å². The summed E-state index contributed by atoms with van der Waals surface area (Å²) in [6.07, 6.45) is 0. The van der Waals surface area contributed by atoms with Crippen molar-refractivity contribution in [1.82, 2.24) is 0 Å². The molecule has 0 unspecified atom stereocenters. The van der Waals surface area contributed by atoms with Crippen LogP contribution in [-0.2, 0) is 11.4 Å². The molecule has 0 aromatic heterocycles. The number of hydrogen-bond donors (Lipinski definition) is 2. The number of hydrogen-bond acceptors (Lipinski definition) is 1. The van der Waals surface area contributed by atoms with Crippen molar-refractivity contribution in [3.05, 3.63) is 30.3 Å². The molecular formula is C6H7NaO3S. The van der Waals surface area contributed by atoms with Crippen LogP contribution in [0.3, 0.4) is 0 Å². The zero-order valence-corrected chi connectivity index (χ0v) is 8.91. The van der Waals surface area contributed by atoms with Crippen molar-refractivity contribution in [2.45, 2.75) is 0 Å². The Bertz CT molecular complexity index is 210. The van der Waals surface area contributed by atoms with Crippen LogP contribution in [0.15, 0.2) is 30.3 Å². The van der Waals surface area contributed by atoms with Crippen molar-refractivity contribution in [2.75, 3.05) is 0 Å². The van der Waals surface area contributed by atoms with E-state index in [-0.39, 0.29) is 0 Å². The zero-order chi connectivity index (χ0) is 8.69. The Balaban J connectivity index is 0.000000218. The van der Waals surface area contributed by atoms with Crippen LogP contribution < -0.4 is 2.81 Å². The van der Waals surface area contributed by atoms with E-state index in [1.54, 1.807) is 0 Å². The first-order valence-corrected chi connectivity index (χ1v) is 5.01. The maximum atomic E-state index is 8.67. The van der Waals surface area contributed by atoms with E-state index in [2.05, 4.69) is 24.3 Å². The van der Waals surface area contributed by atoms with Crippen LogP contribution in [0.2, 0.25) is 0 Å². The number of rotatable bonds is 0. The molecule has 0 spiro atoms. The van der Waals surface area contributed by atoms with Gasteiger partial charge in [0.15, 0.2) is 0 Å². The molecule has 0 heterocycles. The van der Waals surface area contributed by atoms with Gasteiger partial charge in [0.1, 0.15) is 0 Å². The molecule has 0 fully saturated rings. The van der Waals surface area contributed by atoms with E-state index < -0.39 is 11.4 Å². The van der Waals surface area contributed by atoms with Gasteiger partial charge in [0.25, 0.3) is 11.4 Å². The van der Waals surface area contributed by atoms with Gasteiger partial charge >= 0.3 is 61.1 Å². The number of benzene rings is 1. The Labute approximate surface area is 85.4 Å². The van der Waals surface area contributed by atoms with Crippen molar-refractivity contribution in [1.29, 1.82) is 0 Å². The molecule has 0 aliphatic heterocycles. The van der Waals surface area contributed by atoms with E-state index in [1.807, 2.05) is 6.07 Å². The SMILES string of the molecule is O=S(O)O.[Na][c]1ccccc1. The second kappa shape index (κ2) is 6.97. The molecule has 5 heteroatoms. The zero-order valence-electron chi connectivity index (χ0n) is 6.10. The fraction of sp³-hybridized carbons (Fsp3) is 0. The standard InChI is InChI=1S/C6H5.Na.H2O3S/c1-2-4-6-5-3-1;;1-4(2)3/h1-5H;;(H2,1,2,3). The van der Waals surface area contributed by atoms with E-state index in [4.69, 9.17) is 13.3 Å². The fourth-order valence-electron chi connectivity index (χ4n) is 0.534. The summed E-state index contributed by atoms with van der Waals surface area (Å²) < 4.78 is 24.3. The molecular weight excluding hydrogens is 175 g/mol. The van der Waals surface area contributed by atoms with Gasteiger partial charge in [0.2, 0.25) is 0 Å². The molecule has 56 valence electrons. The average molecular weight is 182 g/mol. The summed E-state index contributed by atoms with van der Waals surface area (Å²) in [6.45, 7) is 0. The van der Waals surface area contributed by atoms with Gasteiger partial charge in [-0.1, -0.05) is 0 Å². The Morgan fingerprint density at radius 1 is 1.18 bits per heavy atom. The first-order chi connectivity index (χ1) is 5.13. The van der Waals surface area contributed by atoms with E-state index in [9.17, 15) is 0 Å². The molecule has 0 bridgehead atoms. The van der Waals surface area contributed by atoms with Crippen LogP contribution >= 0.6 is 0 Å². The van der Waals surface area contributed by atoms with Crippen LogP contribution in [0.25, 0.3) is 0 Å². The van der Waals surface area contributed by atoms with Gasteiger partial charge < -0.3 is 0 Å². The molecule has 0 amide bonds.